The van der Waals surface area contributed by atoms with Crippen molar-refractivity contribution >= 4 is 26.9 Å². The van der Waals surface area contributed by atoms with Crippen LogP contribution in [0.4, 0.5) is 0 Å². The van der Waals surface area contributed by atoms with Crippen molar-refractivity contribution in [2.75, 3.05) is 27.4 Å². The van der Waals surface area contributed by atoms with Crippen LogP contribution in [0.5, 0.6) is 5.75 Å². The summed E-state index contributed by atoms with van der Waals surface area (Å²) in [6.45, 7) is 2.26. The first-order chi connectivity index (χ1) is 8.76. The van der Waals surface area contributed by atoms with E-state index in [0.29, 0.717) is 6.61 Å². The Morgan fingerprint density at radius 1 is 1.33 bits per heavy atom. The number of halogens is 1. The molecule has 2 aromatic rings. The van der Waals surface area contributed by atoms with Crippen LogP contribution >= 0.6 is 15.9 Å². The highest BCUT2D eigenvalue weighted by atomic mass is 79.9. The molecular formula is C13H16BrNO3. The molecule has 98 valence electrons. The lowest BCUT2D eigenvalue weighted by atomic mass is 10.1. The number of benzene rings is 1. The molecule has 0 fully saturated rings. The molecule has 0 amide bonds. The number of ether oxygens (including phenoxy) is 2. The molecule has 5 heteroatoms. The molecule has 1 heterocycles. The Morgan fingerprint density at radius 2 is 2.17 bits per heavy atom. The van der Waals surface area contributed by atoms with Crippen LogP contribution in [0.1, 0.15) is 5.56 Å². The topological polar surface area (TPSA) is 43.6 Å². The summed E-state index contributed by atoms with van der Waals surface area (Å²) in [5, 5.41) is 4.36. The molecule has 0 spiro atoms. The molecule has 0 saturated heterocycles. The molecule has 0 aliphatic heterocycles. The van der Waals surface area contributed by atoms with E-state index in [4.69, 9.17) is 13.9 Å². The van der Waals surface area contributed by atoms with Gasteiger partial charge in [0.05, 0.1) is 24.5 Å². The van der Waals surface area contributed by atoms with Crippen molar-refractivity contribution < 1.29 is 13.9 Å². The standard InChI is InChI=1S/C13H16BrNO3/c1-16-4-3-15-7-9-8-18-13-11(9)5-10(17-2)6-12(13)14/h5-6,8,15H,3-4,7H2,1-2H3. The highest BCUT2D eigenvalue weighted by Gasteiger charge is 2.10. The minimum absolute atomic E-state index is 0.697. The molecule has 0 aliphatic rings. The predicted octanol–water partition coefficient (Wildman–Crippen LogP) is 2.94. The second-order valence-corrected chi connectivity index (χ2v) is 4.77. The highest BCUT2D eigenvalue weighted by Crippen LogP contribution is 2.32. The third-order valence-electron chi connectivity index (χ3n) is 2.72. The molecule has 1 aromatic heterocycles. The lowest BCUT2D eigenvalue weighted by molar-refractivity contribution is 0.199. The van der Waals surface area contributed by atoms with E-state index in [-0.39, 0.29) is 0 Å². The summed E-state index contributed by atoms with van der Waals surface area (Å²) in [6, 6.07) is 3.88. The van der Waals surface area contributed by atoms with Gasteiger partial charge in [-0.05, 0) is 28.1 Å². The minimum Gasteiger partial charge on any atom is -0.497 e. The van der Waals surface area contributed by atoms with Crippen molar-refractivity contribution in [3.8, 4) is 5.75 Å². The first-order valence-corrected chi connectivity index (χ1v) is 6.49. The van der Waals surface area contributed by atoms with Crippen LogP contribution in [0.15, 0.2) is 27.3 Å². The molecule has 0 radical (unpaired) electrons. The van der Waals surface area contributed by atoms with E-state index in [0.717, 1.165) is 39.8 Å². The van der Waals surface area contributed by atoms with E-state index in [1.54, 1.807) is 20.5 Å². The molecule has 0 saturated carbocycles. The normalized spacial score (nSPS) is 11.1. The average molecular weight is 314 g/mol. The molecule has 1 N–H and O–H groups in total. The number of nitrogens with one attached hydrogen (secondary N) is 1. The van der Waals surface area contributed by atoms with Gasteiger partial charge in [-0.3, -0.25) is 0 Å². The molecule has 0 atom stereocenters. The summed E-state index contributed by atoms with van der Waals surface area (Å²) >= 11 is 3.48. The van der Waals surface area contributed by atoms with Crippen LogP contribution in [0.3, 0.4) is 0 Å². The Morgan fingerprint density at radius 3 is 2.89 bits per heavy atom. The fourth-order valence-electron chi connectivity index (χ4n) is 1.77. The maximum atomic E-state index is 5.56. The number of hydrogen-bond donors (Lipinski definition) is 1. The summed E-state index contributed by atoms with van der Waals surface area (Å²) < 4.78 is 16.7. The largest absolute Gasteiger partial charge is 0.497 e. The average Bonchev–Trinajstić information content (AvgIpc) is 2.78. The third kappa shape index (κ3) is 2.85. The van der Waals surface area contributed by atoms with Gasteiger partial charge in [-0.15, -0.1) is 0 Å². The molecule has 18 heavy (non-hydrogen) atoms. The Kier molecular flexibility index (Phi) is 4.63. The van der Waals surface area contributed by atoms with E-state index in [2.05, 4.69) is 21.2 Å². The maximum Gasteiger partial charge on any atom is 0.148 e. The van der Waals surface area contributed by atoms with Crippen LogP contribution in [-0.2, 0) is 11.3 Å². The van der Waals surface area contributed by atoms with Crippen molar-refractivity contribution in [3.05, 3.63) is 28.4 Å². The van der Waals surface area contributed by atoms with Gasteiger partial charge in [0.15, 0.2) is 0 Å². The van der Waals surface area contributed by atoms with Crippen molar-refractivity contribution in [3.63, 3.8) is 0 Å². The SMILES string of the molecule is COCCNCc1coc2c(Br)cc(OC)cc12. The van der Waals surface area contributed by atoms with Gasteiger partial charge in [0.1, 0.15) is 11.3 Å². The Hall–Kier alpha value is -1.04. The fraction of sp³-hybridized carbons (Fsp3) is 0.385. The summed E-state index contributed by atoms with van der Waals surface area (Å²) in [7, 11) is 3.35. The summed E-state index contributed by atoms with van der Waals surface area (Å²) in [5.41, 5.74) is 1.96. The first kappa shape index (κ1) is 13.4. The van der Waals surface area contributed by atoms with E-state index in [1.807, 2.05) is 12.1 Å². The molecule has 0 aliphatic carbocycles. The van der Waals surface area contributed by atoms with Crippen LogP contribution < -0.4 is 10.1 Å². The lowest BCUT2D eigenvalue weighted by Gasteiger charge is -2.04. The van der Waals surface area contributed by atoms with Crippen molar-refractivity contribution in [2.24, 2.45) is 0 Å². The summed E-state index contributed by atoms with van der Waals surface area (Å²) in [6.07, 6.45) is 1.77. The van der Waals surface area contributed by atoms with Crippen LogP contribution in [-0.4, -0.2) is 27.4 Å². The van der Waals surface area contributed by atoms with Gasteiger partial charge in [-0.1, -0.05) is 0 Å². The molecule has 0 bridgehead atoms. The second-order valence-electron chi connectivity index (χ2n) is 3.92. The number of hydrogen-bond acceptors (Lipinski definition) is 4. The Bertz CT molecular complexity index is 524. The van der Waals surface area contributed by atoms with E-state index < -0.39 is 0 Å². The minimum atomic E-state index is 0.697. The van der Waals surface area contributed by atoms with Gasteiger partial charge in [0, 0.05) is 31.1 Å². The third-order valence-corrected chi connectivity index (χ3v) is 3.31. The summed E-state index contributed by atoms with van der Waals surface area (Å²) in [4.78, 5) is 0. The number of furan rings is 1. The van der Waals surface area contributed by atoms with Gasteiger partial charge >= 0.3 is 0 Å². The zero-order valence-electron chi connectivity index (χ0n) is 10.5. The molecule has 1 aromatic carbocycles. The van der Waals surface area contributed by atoms with E-state index >= 15 is 0 Å². The number of methoxy groups -OCH3 is 2. The smallest absolute Gasteiger partial charge is 0.148 e. The van der Waals surface area contributed by atoms with E-state index in [1.165, 1.54) is 0 Å². The molecule has 4 nitrogen and oxygen atoms in total. The van der Waals surface area contributed by atoms with E-state index in [9.17, 15) is 0 Å². The lowest BCUT2D eigenvalue weighted by Crippen LogP contribution is -2.18. The van der Waals surface area contributed by atoms with Gasteiger partial charge in [0.2, 0.25) is 0 Å². The number of rotatable bonds is 6. The van der Waals surface area contributed by atoms with Crippen molar-refractivity contribution in [2.45, 2.75) is 6.54 Å². The highest BCUT2D eigenvalue weighted by molar-refractivity contribution is 9.10. The Labute approximate surface area is 114 Å². The second kappa shape index (κ2) is 6.22. The van der Waals surface area contributed by atoms with Crippen molar-refractivity contribution in [1.82, 2.24) is 5.32 Å². The maximum absolute atomic E-state index is 5.56. The zero-order valence-corrected chi connectivity index (χ0v) is 12.0. The van der Waals surface area contributed by atoms with Gasteiger partial charge in [0.25, 0.3) is 0 Å². The monoisotopic (exact) mass is 313 g/mol. The van der Waals surface area contributed by atoms with Gasteiger partial charge in [-0.25, -0.2) is 0 Å². The predicted molar refractivity (Wildman–Crippen MR) is 74.0 cm³/mol. The number of fused-ring (bicyclic) bond motifs is 1. The van der Waals surface area contributed by atoms with Crippen LogP contribution in [0.25, 0.3) is 11.0 Å². The van der Waals surface area contributed by atoms with Gasteiger partial charge in [-0.2, -0.15) is 0 Å². The zero-order chi connectivity index (χ0) is 13.0. The quantitative estimate of drug-likeness (QED) is 0.833. The molecule has 2 rings (SSSR count). The van der Waals surface area contributed by atoms with Crippen LogP contribution in [0.2, 0.25) is 0 Å². The van der Waals surface area contributed by atoms with Crippen molar-refractivity contribution in [1.29, 1.82) is 0 Å². The fourth-order valence-corrected chi connectivity index (χ4v) is 2.31. The Balaban J connectivity index is 2.20. The first-order valence-electron chi connectivity index (χ1n) is 5.69. The van der Waals surface area contributed by atoms with Gasteiger partial charge < -0.3 is 19.2 Å². The molecule has 0 unspecified atom stereocenters. The summed E-state index contributed by atoms with van der Waals surface area (Å²) in [5.74, 6) is 0.814. The van der Waals surface area contributed by atoms with Crippen LogP contribution in [0, 0.1) is 0 Å². The molecular weight excluding hydrogens is 298 g/mol.